The third-order valence-corrected chi connectivity index (χ3v) is 3.51. The van der Waals surface area contributed by atoms with E-state index in [9.17, 15) is 0 Å². The molecule has 20 heavy (non-hydrogen) atoms. The predicted octanol–water partition coefficient (Wildman–Crippen LogP) is 3.03. The zero-order valence-electron chi connectivity index (χ0n) is 12.8. The Balaban J connectivity index is 2.43. The summed E-state index contributed by atoms with van der Waals surface area (Å²) in [7, 11) is 0. The number of nitrogens with two attached hydrogens (primary N) is 1. The number of hydrogen-bond acceptors (Lipinski definition) is 3. The van der Waals surface area contributed by atoms with E-state index < -0.39 is 0 Å². The maximum Gasteiger partial charge on any atom is 0.0799 e. The molecule has 1 aromatic carbocycles. The van der Waals surface area contributed by atoms with Gasteiger partial charge in [0.15, 0.2) is 0 Å². The molecule has 1 heterocycles. The van der Waals surface area contributed by atoms with E-state index in [1.165, 1.54) is 5.56 Å². The molecule has 0 aliphatic carbocycles. The standard InChI is InChI=1S/C16H24N4/c1-5-10-20-14(11-18-19-20)15(17)12-8-6-7-9-13(12)16(2,3)4/h6-9,11,15H,5,10,17H2,1-4H3. The molecule has 2 rings (SSSR count). The van der Waals surface area contributed by atoms with Crippen LogP contribution < -0.4 is 5.73 Å². The molecule has 4 nitrogen and oxygen atoms in total. The van der Waals surface area contributed by atoms with Gasteiger partial charge in [0.25, 0.3) is 0 Å². The molecule has 4 heteroatoms. The van der Waals surface area contributed by atoms with Gasteiger partial charge in [-0.25, -0.2) is 4.68 Å². The zero-order chi connectivity index (χ0) is 14.8. The average Bonchev–Trinajstić information content (AvgIpc) is 2.85. The Morgan fingerprint density at radius 3 is 2.60 bits per heavy atom. The van der Waals surface area contributed by atoms with Gasteiger partial charge in [0.1, 0.15) is 0 Å². The molecule has 0 aliphatic heterocycles. The number of aromatic nitrogens is 3. The Morgan fingerprint density at radius 1 is 1.25 bits per heavy atom. The zero-order valence-corrected chi connectivity index (χ0v) is 12.8. The molecule has 0 saturated heterocycles. The number of rotatable bonds is 4. The van der Waals surface area contributed by atoms with Crippen LogP contribution in [0.5, 0.6) is 0 Å². The van der Waals surface area contributed by atoms with Crippen LogP contribution in [0.4, 0.5) is 0 Å². The lowest BCUT2D eigenvalue weighted by Crippen LogP contribution is -2.23. The van der Waals surface area contributed by atoms with Crippen molar-refractivity contribution in [1.29, 1.82) is 0 Å². The van der Waals surface area contributed by atoms with Crippen LogP contribution >= 0.6 is 0 Å². The highest BCUT2D eigenvalue weighted by atomic mass is 15.4. The van der Waals surface area contributed by atoms with Crippen molar-refractivity contribution in [2.24, 2.45) is 5.73 Å². The lowest BCUT2D eigenvalue weighted by molar-refractivity contribution is 0.535. The molecule has 0 radical (unpaired) electrons. The van der Waals surface area contributed by atoms with Crippen LogP contribution in [0.3, 0.4) is 0 Å². The second kappa shape index (κ2) is 5.75. The van der Waals surface area contributed by atoms with E-state index in [-0.39, 0.29) is 11.5 Å². The van der Waals surface area contributed by atoms with Gasteiger partial charge in [-0.05, 0) is 23.0 Å². The van der Waals surface area contributed by atoms with Crippen molar-refractivity contribution in [2.45, 2.75) is 52.1 Å². The van der Waals surface area contributed by atoms with Crippen LogP contribution in [0.15, 0.2) is 30.5 Å². The normalized spacial score (nSPS) is 13.4. The molecule has 0 amide bonds. The van der Waals surface area contributed by atoms with Crippen LogP contribution in [0.25, 0.3) is 0 Å². The topological polar surface area (TPSA) is 56.7 Å². The van der Waals surface area contributed by atoms with Crippen molar-refractivity contribution in [1.82, 2.24) is 15.0 Å². The lowest BCUT2D eigenvalue weighted by atomic mass is 9.81. The van der Waals surface area contributed by atoms with E-state index in [0.717, 1.165) is 24.2 Å². The summed E-state index contributed by atoms with van der Waals surface area (Å²) in [6.07, 6.45) is 2.80. The molecular formula is C16H24N4. The Hall–Kier alpha value is -1.68. The molecule has 0 bridgehead atoms. The van der Waals surface area contributed by atoms with Crippen molar-refractivity contribution in [3.8, 4) is 0 Å². The van der Waals surface area contributed by atoms with Gasteiger partial charge < -0.3 is 5.73 Å². The summed E-state index contributed by atoms with van der Waals surface area (Å²) in [6, 6.07) is 8.18. The average molecular weight is 272 g/mol. The molecule has 2 N–H and O–H groups in total. The van der Waals surface area contributed by atoms with E-state index in [2.05, 4.69) is 56.2 Å². The van der Waals surface area contributed by atoms with E-state index in [1.54, 1.807) is 6.20 Å². The minimum Gasteiger partial charge on any atom is -0.319 e. The Labute approximate surface area is 121 Å². The highest BCUT2D eigenvalue weighted by molar-refractivity contribution is 5.38. The predicted molar refractivity (Wildman–Crippen MR) is 81.5 cm³/mol. The van der Waals surface area contributed by atoms with Crippen LogP contribution in [-0.2, 0) is 12.0 Å². The first kappa shape index (κ1) is 14.7. The van der Waals surface area contributed by atoms with Gasteiger partial charge in [-0.1, -0.05) is 57.2 Å². The Morgan fingerprint density at radius 2 is 1.95 bits per heavy atom. The molecule has 0 spiro atoms. The van der Waals surface area contributed by atoms with Crippen LogP contribution in [0.1, 0.15) is 57.0 Å². The van der Waals surface area contributed by atoms with Gasteiger partial charge in [-0.15, -0.1) is 5.10 Å². The summed E-state index contributed by atoms with van der Waals surface area (Å²) in [5.74, 6) is 0. The first-order valence-corrected chi connectivity index (χ1v) is 7.18. The molecule has 2 aromatic rings. The first-order valence-electron chi connectivity index (χ1n) is 7.18. The smallest absolute Gasteiger partial charge is 0.0799 e. The van der Waals surface area contributed by atoms with Crippen LogP contribution in [0, 0.1) is 0 Å². The molecule has 108 valence electrons. The molecule has 1 atom stereocenters. The fourth-order valence-corrected chi connectivity index (χ4v) is 2.50. The molecular weight excluding hydrogens is 248 g/mol. The van der Waals surface area contributed by atoms with Crippen LogP contribution in [0.2, 0.25) is 0 Å². The van der Waals surface area contributed by atoms with Gasteiger partial charge >= 0.3 is 0 Å². The fraction of sp³-hybridized carbons (Fsp3) is 0.500. The summed E-state index contributed by atoms with van der Waals surface area (Å²) in [5, 5.41) is 8.14. The largest absolute Gasteiger partial charge is 0.319 e. The maximum atomic E-state index is 6.49. The molecule has 1 unspecified atom stereocenters. The number of aryl methyl sites for hydroxylation is 1. The lowest BCUT2D eigenvalue weighted by Gasteiger charge is -2.25. The van der Waals surface area contributed by atoms with Gasteiger partial charge in [-0.3, -0.25) is 0 Å². The SMILES string of the molecule is CCCn1nncc1C(N)c1ccccc1C(C)(C)C. The van der Waals surface area contributed by atoms with Crippen molar-refractivity contribution >= 4 is 0 Å². The fourth-order valence-electron chi connectivity index (χ4n) is 2.50. The highest BCUT2D eigenvalue weighted by Gasteiger charge is 2.23. The quantitative estimate of drug-likeness (QED) is 0.930. The number of nitrogens with zero attached hydrogens (tertiary/aromatic N) is 3. The number of benzene rings is 1. The minimum atomic E-state index is -0.188. The molecule has 0 fully saturated rings. The van der Waals surface area contributed by atoms with E-state index >= 15 is 0 Å². The van der Waals surface area contributed by atoms with Gasteiger partial charge in [0, 0.05) is 6.54 Å². The first-order chi connectivity index (χ1) is 9.45. The Bertz CT molecular complexity index is 566. The van der Waals surface area contributed by atoms with Crippen molar-refractivity contribution in [3.63, 3.8) is 0 Å². The van der Waals surface area contributed by atoms with Crippen molar-refractivity contribution in [2.75, 3.05) is 0 Å². The second-order valence-corrected chi connectivity index (χ2v) is 6.20. The summed E-state index contributed by atoms with van der Waals surface area (Å²) in [5.41, 5.74) is 9.96. The van der Waals surface area contributed by atoms with Crippen molar-refractivity contribution < 1.29 is 0 Å². The van der Waals surface area contributed by atoms with Crippen LogP contribution in [-0.4, -0.2) is 15.0 Å². The highest BCUT2D eigenvalue weighted by Crippen LogP contribution is 2.31. The second-order valence-electron chi connectivity index (χ2n) is 6.20. The van der Waals surface area contributed by atoms with Crippen molar-refractivity contribution in [3.05, 3.63) is 47.3 Å². The molecule has 1 aromatic heterocycles. The monoisotopic (exact) mass is 272 g/mol. The third kappa shape index (κ3) is 2.90. The van der Waals surface area contributed by atoms with Gasteiger partial charge in [0.2, 0.25) is 0 Å². The van der Waals surface area contributed by atoms with Gasteiger partial charge in [-0.2, -0.15) is 0 Å². The van der Waals surface area contributed by atoms with E-state index in [1.807, 2.05) is 10.7 Å². The van der Waals surface area contributed by atoms with Gasteiger partial charge in [0.05, 0.1) is 17.9 Å². The summed E-state index contributed by atoms with van der Waals surface area (Å²) in [4.78, 5) is 0. The Kier molecular flexibility index (Phi) is 4.23. The molecule has 0 aliphatic rings. The summed E-state index contributed by atoms with van der Waals surface area (Å²) < 4.78 is 1.91. The third-order valence-electron chi connectivity index (χ3n) is 3.51. The minimum absolute atomic E-state index is 0.0667. The maximum absolute atomic E-state index is 6.49. The van der Waals surface area contributed by atoms with E-state index in [0.29, 0.717) is 0 Å². The summed E-state index contributed by atoms with van der Waals surface area (Å²) >= 11 is 0. The molecule has 0 saturated carbocycles. The number of hydrogen-bond donors (Lipinski definition) is 1. The summed E-state index contributed by atoms with van der Waals surface area (Å²) in [6.45, 7) is 9.60. The van der Waals surface area contributed by atoms with E-state index in [4.69, 9.17) is 5.73 Å².